The predicted molar refractivity (Wildman–Crippen MR) is 108 cm³/mol. The minimum atomic E-state index is -3.71. The number of hydrogen-bond acceptors (Lipinski definition) is 5. The standard InChI is InChI=1S/C20H24N4O2S/c1-2-11-22-12-14-23(15-13-22)19-9-6-10-20-18(19)16-21-24(20)27(25,26)17-7-4-3-5-8-17/h3-10,16H,2,11-15H2,1H3. The van der Waals surface area contributed by atoms with E-state index in [-0.39, 0.29) is 4.90 Å². The molecule has 0 N–H and O–H groups in total. The van der Waals surface area contributed by atoms with Gasteiger partial charge in [-0.15, -0.1) is 0 Å². The summed E-state index contributed by atoms with van der Waals surface area (Å²) in [4.78, 5) is 5.05. The molecule has 0 spiro atoms. The van der Waals surface area contributed by atoms with Gasteiger partial charge in [-0.2, -0.15) is 17.6 Å². The molecular formula is C20H24N4O2S. The van der Waals surface area contributed by atoms with Gasteiger partial charge in [0.05, 0.1) is 16.6 Å². The van der Waals surface area contributed by atoms with Crippen molar-refractivity contribution in [2.45, 2.75) is 18.2 Å². The summed E-state index contributed by atoms with van der Waals surface area (Å²) in [6.07, 6.45) is 2.84. The van der Waals surface area contributed by atoms with Gasteiger partial charge >= 0.3 is 0 Å². The quantitative estimate of drug-likeness (QED) is 0.677. The van der Waals surface area contributed by atoms with Crippen LogP contribution in [0, 0.1) is 0 Å². The summed E-state index contributed by atoms with van der Waals surface area (Å²) < 4.78 is 27.1. The van der Waals surface area contributed by atoms with Crippen molar-refractivity contribution >= 4 is 26.6 Å². The number of fused-ring (bicyclic) bond motifs is 1. The fraction of sp³-hybridized carbons (Fsp3) is 0.350. The van der Waals surface area contributed by atoms with Crippen LogP contribution in [0.4, 0.5) is 5.69 Å². The number of hydrogen-bond donors (Lipinski definition) is 0. The average molecular weight is 385 g/mol. The smallest absolute Gasteiger partial charge is 0.283 e. The lowest BCUT2D eigenvalue weighted by Gasteiger charge is -2.36. The predicted octanol–water partition coefficient (Wildman–Crippen LogP) is 2.81. The molecule has 1 aliphatic rings. The van der Waals surface area contributed by atoms with Gasteiger partial charge in [-0.05, 0) is 37.2 Å². The summed E-state index contributed by atoms with van der Waals surface area (Å²) in [5.41, 5.74) is 1.67. The Hall–Kier alpha value is -2.38. The van der Waals surface area contributed by atoms with Crippen LogP contribution in [0.1, 0.15) is 13.3 Å². The van der Waals surface area contributed by atoms with Crippen LogP contribution in [0.2, 0.25) is 0 Å². The molecule has 1 aliphatic heterocycles. The summed E-state index contributed by atoms with van der Waals surface area (Å²) in [5.74, 6) is 0. The molecule has 2 aromatic carbocycles. The highest BCUT2D eigenvalue weighted by molar-refractivity contribution is 7.90. The van der Waals surface area contributed by atoms with Crippen LogP contribution < -0.4 is 4.90 Å². The van der Waals surface area contributed by atoms with E-state index in [1.165, 1.54) is 6.42 Å². The second-order valence-electron chi connectivity index (χ2n) is 6.84. The molecule has 4 rings (SSSR count). The SMILES string of the molecule is CCCN1CCN(c2cccc3c2cnn3S(=O)(=O)c2ccccc2)CC1. The number of benzene rings is 2. The van der Waals surface area contributed by atoms with Crippen LogP contribution >= 0.6 is 0 Å². The molecule has 142 valence electrons. The number of aromatic nitrogens is 2. The molecule has 7 heteroatoms. The molecular weight excluding hydrogens is 360 g/mol. The first kappa shape index (κ1) is 18.0. The Labute approximate surface area is 160 Å². The van der Waals surface area contributed by atoms with Crippen LogP contribution in [-0.4, -0.2) is 55.2 Å². The Bertz CT molecular complexity index is 1020. The Balaban J connectivity index is 1.69. The van der Waals surface area contributed by atoms with E-state index in [1.54, 1.807) is 36.5 Å². The van der Waals surface area contributed by atoms with Gasteiger partial charge in [0.25, 0.3) is 10.0 Å². The Morgan fingerprint density at radius 2 is 1.70 bits per heavy atom. The average Bonchev–Trinajstić information content (AvgIpc) is 3.15. The molecule has 1 fully saturated rings. The highest BCUT2D eigenvalue weighted by atomic mass is 32.2. The summed E-state index contributed by atoms with van der Waals surface area (Å²) in [7, 11) is -3.71. The molecule has 1 aromatic heterocycles. The van der Waals surface area contributed by atoms with Gasteiger partial charge in [-0.3, -0.25) is 4.90 Å². The second kappa shape index (κ2) is 7.32. The fourth-order valence-corrected chi connectivity index (χ4v) is 4.99. The summed E-state index contributed by atoms with van der Waals surface area (Å²) in [6.45, 7) is 7.27. The van der Waals surface area contributed by atoms with Crippen molar-refractivity contribution in [3.05, 3.63) is 54.7 Å². The molecule has 0 saturated carbocycles. The van der Waals surface area contributed by atoms with Crippen molar-refractivity contribution < 1.29 is 8.42 Å². The first-order valence-corrected chi connectivity index (χ1v) is 10.8. The lowest BCUT2D eigenvalue weighted by atomic mass is 10.2. The van der Waals surface area contributed by atoms with Crippen LogP contribution in [0.5, 0.6) is 0 Å². The largest absolute Gasteiger partial charge is 0.368 e. The molecule has 0 radical (unpaired) electrons. The highest BCUT2D eigenvalue weighted by Crippen LogP contribution is 2.29. The van der Waals surface area contributed by atoms with E-state index in [2.05, 4.69) is 27.9 Å². The van der Waals surface area contributed by atoms with Crippen molar-refractivity contribution in [2.75, 3.05) is 37.6 Å². The van der Waals surface area contributed by atoms with Crippen LogP contribution in [0.25, 0.3) is 10.9 Å². The lowest BCUT2D eigenvalue weighted by molar-refractivity contribution is 0.258. The van der Waals surface area contributed by atoms with Crippen molar-refractivity contribution in [1.82, 2.24) is 14.1 Å². The van der Waals surface area contributed by atoms with Gasteiger partial charge in [-0.1, -0.05) is 31.2 Å². The van der Waals surface area contributed by atoms with Crippen LogP contribution in [0.15, 0.2) is 59.6 Å². The molecule has 0 atom stereocenters. The molecule has 3 aromatic rings. The van der Waals surface area contributed by atoms with Crippen LogP contribution in [-0.2, 0) is 10.0 Å². The summed E-state index contributed by atoms with van der Waals surface area (Å²) in [5, 5.41) is 5.11. The fourth-order valence-electron chi connectivity index (χ4n) is 3.70. The van der Waals surface area contributed by atoms with E-state index >= 15 is 0 Å². The van der Waals surface area contributed by atoms with E-state index in [9.17, 15) is 8.42 Å². The zero-order valence-corrected chi connectivity index (χ0v) is 16.3. The topological polar surface area (TPSA) is 58.4 Å². The molecule has 1 saturated heterocycles. The summed E-state index contributed by atoms with van der Waals surface area (Å²) >= 11 is 0. The second-order valence-corrected chi connectivity index (χ2v) is 8.61. The third-order valence-electron chi connectivity index (χ3n) is 5.08. The van der Waals surface area contributed by atoms with E-state index in [1.807, 2.05) is 12.1 Å². The third-order valence-corrected chi connectivity index (χ3v) is 6.69. The molecule has 0 amide bonds. The highest BCUT2D eigenvalue weighted by Gasteiger charge is 2.23. The van der Waals surface area contributed by atoms with E-state index in [4.69, 9.17) is 0 Å². The third kappa shape index (κ3) is 3.33. The summed E-state index contributed by atoms with van der Waals surface area (Å²) in [6, 6.07) is 14.2. The molecule has 0 unspecified atom stereocenters. The van der Waals surface area contributed by atoms with E-state index in [0.29, 0.717) is 5.52 Å². The first-order chi connectivity index (χ1) is 13.1. The molecule has 0 bridgehead atoms. The van der Waals surface area contributed by atoms with Crippen molar-refractivity contribution in [3.8, 4) is 0 Å². The number of rotatable bonds is 5. The molecule has 6 nitrogen and oxygen atoms in total. The molecule has 0 aliphatic carbocycles. The number of nitrogens with zero attached hydrogens (tertiary/aromatic N) is 4. The maximum atomic E-state index is 13.0. The number of piperazine rings is 1. The monoisotopic (exact) mass is 384 g/mol. The minimum absolute atomic E-state index is 0.244. The van der Waals surface area contributed by atoms with E-state index in [0.717, 1.165) is 47.9 Å². The minimum Gasteiger partial charge on any atom is -0.368 e. The van der Waals surface area contributed by atoms with Gasteiger partial charge in [0.2, 0.25) is 0 Å². The Morgan fingerprint density at radius 1 is 0.963 bits per heavy atom. The van der Waals surface area contributed by atoms with Gasteiger partial charge in [0.1, 0.15) is 0 Å². The maximum absolute atomic E-state index is 13.0. The van der Waals surface area contributed by atoms with E-state index < -0.39 is 10.0 Å². The molecule has 2 heterocycles. The number of anilines is 1. The zero-order chi connectivity index (χ0) is 18.9. The Kier molecular flexibility index (Phi) is 4.88. The van der Waals surface area contributed by atoms with Crippen molar-refractivity contribution in [2.24, 2.45) is 0 Å². The van der Waals surface area contributed by atoms with Gasteiger partial charge in [0.15, 0.2) is 0 Å². The molecule has 27 heavy (non-hydrogen) atoms. The van der Waals surface area contributed by atoms with Gasteiger partial charge in [0, 0.05) is 37.3 Å². The van der Waals surface area contributed by atoms with Crippen molar-refractivity contribution in [1.29, 1.82) is 0 Å². The lowest BCUT2D eigenvalue weighted by Crippen LogP contribution is -2.46. The van der Waals surface area contributed by atoms with Gasteiger partial charge < -0.3 is 4.90 Å². The first-order valence-electron chi connectivity index (χ1n) is 9.36. The maximum Gasteiger partial charge on any atom is 0.283 e. The van der Waals surface area contributed by atoms with Crippen LogP contribution in [0.3, 0.4) is 0 Å². The van der Waals surface area contributed by atoms with Gasteiger partial charge in [-0.25, -0.2) is 0 Å². The van der Waals surface area contributed by atoms with Crippen molar-refractivity contribution in [3.63, 3.8) is 0 Å². The Morgan fingerprint density at radius 3 is 2.41 bits per heavy atom. The zero-order valence-electron chi connectivity index (χ0n) is 15.5. The normalized spacial score (nSPS) is 16.1.